The number of fused-ring (bicyclic) bond motifs is 2. The van der Waals surface area contributed by atoms with Crippen molar-refractivity contribution in [3.63, 3.8) is 0 Å². The molecule has 3 aromatic carbocycles. The smallest absolute Gasteiger partial charge is 0.310 e. The SMILES string of the molecule is CCOC(=O)Cc1cccc2c1OCCC2(C)c1cnc(-c2cc(Oc3c(F)c(F)c4[nH]ccc4c3SC)ccc2F)[nH]1. The van der Waals surface area contributed by atoms with Crippen LogP contribution in [0.3, 0.4) is 0 Å². The predicted molar refractivity (Wildman–Crippen MR) is 157 cm³/mol. The molecule has 0 saturated carbocycles. The quantitative estimate of drug-likeness (QED) is 0.139. The molecule has 0 fully saturated rings. The number of nitrogens with zero attached hydrogens (tertiary/aromatic N) is 1. The van der Waals surface area contributed by atoms with Gasteiger partial charge in [0.2, 0.25) is 5.82 Å². The fourth-order valence-corrected chi connectivity index (χ4v) is 6.25. The Morgan fingerprint density at radius 3 is 2.79 bits per heavy atom. The molecule has 1 aliphatic rings. The second-order valence-corrected chi connectivity index (χ2v) is 11.2. The van der Waals surface area contributed by atoms with Crippen LogP contribution in [0.25, 0.3) is 22.3 Å². The standard InChI is InChI=1S/C32H28F3N3O4S/c1-4-40-24(39)14-17-6-5-7-21-28(17)41-13-11-32(21,2)23-16-37-31(38-23)20-15-18(8-9-22(20)33)42-29-26(35)25(34)27-19(10-12-36-27)30(29)43-3/h5-10,12,15-16,36H,4,11,13-14H2,1-3H3,(H,37,38). The molecular weight excluding hydrogens is 579 g/mol. The summed E-state index contributed by atoms with van der Waals surface area (Å²) in [5.41, 5.74) is 1.90. The van der Waals surface area contributed by atoms with Crippen molar-refractivity contribution in [2.75, 3.05) is 19.5 Å². The maximum Gasteiger partial charge on any atom is 0.310 e. The minimum atomic E-state index is -1.14. The van der Waals surface area contributed by atoms with Crippen molar-refractivity contribution in [2.45, 2.75) is 37.0 Å². The number of carbonyl (C=O) groups excluding carboxylic acids is 1. The number of H-pyrrole nitrogens is 2. The van der Waals surface area contributed by atoms with E-state index in [2.05, 4.69) is 15.0 Å². The van der Waals surface area contributed by atoms with Crippen molar-refractivity contribution in [1.29, 1.82) is 0 Å². The largest absolute Gasteiger partial charge is 0.493 e. The van der Waals surface area contributed by atoms with Crippen LogP contribution in [0.1, 0.15) is 37.1 Å². The highest BCUT2D eigenvalue weighted by molar-refractivity contribution is 7.99. The Morgan fingerprint density at radius 1 is 1.16 bits per heavy atom. The van der Waals surface area contributed by atoms with Crippen LogP contribution >= 0.6 is 11.8 Å². The molecule has 1 unspecified atom stereocenters. The van der Waals surface area contributed by atoms with Gasteiger partial charge in [0.15, 0.2) is 11.6 Å². The molecule has 2 aromatic heterocycles. The molecule has 6 rings (SSSR count). The van der Waals surface area contributed by atoms with Gasteiger partial charge in [-0.1, -0.05) is 18.2 Å². The zero-order valence-electron chi connectivity index (χ0n) is 23.6. The van der Waals surface area contributed by atoms with Gasteiger partial charge in [0, 0.05) is 40.0 Å². The van der Waals surface area contributed by atoms with E-state index in [-0.39, 0.29) is 40.8 Å². The molecule has 2 N–H and O–H groups in total. The number of esters is 1. The van der Waals surface area contributed by atoms with Crippen LogP contribution in [0.2, 0.25) is 0 Å². The first kappa shape index (κ1) is 28.7. The number of thioether (sulfide) groups is 1. The van der Waals surface area contributed by atoms with Crippen molar-refractivity contribution in [2.24, 2.45) is 0 Å². The van der Waals surface area contributed by atoms with Gasteiger partial charge >= 0.3 is 5.97 Å². The van der Waals surface area contributed by atoms with Gasteiger partial charge in [-0.15, -0.1) is 11.8 Å². The summed E-state index contributed by atoms with van der Waals surface area (Å²) in [7, 11) is 0. The van der Waals surface area contributed by atoms with Crippen molar-refractivity contribution in [1.82, 2.24) is 15.0 Å². The Labute approximate surface area is 249 Å². The van der Waals surface area contributed by atoms with Crippen LogP contribution in [0.4, 0.5) is 13.2 Å². The average molecular weight is 608 g/mol. The van der Waals surface area contributed by atoms with E-state index in [0.29, 0.717) is 35.7 Å². The Hall–Kier alpha value is -4.38. The molecule has 0 amide bonds. The summed E-state index contributed by atoms with van der Waals surface area (Å²) < 4.78 is 62.0. The van der Waals surface area contributed by atoms with Crippen molar-refractivity contribution in [3.8, 4) is 28.6 Å². The number of hydrogen-bond donors (Lipinski definition) is 2. The van der Waals surface area contributed by atoms with E-state index in [1.165, 1.54) is 36.2 Å². The van der Waals surface area contributed by atoms with E-state index in [1.807, 2.05) is 25.1 Å². The monoisotopic (exact) mass is 607 g/mol. The number of halogens is 3. The lowest BCUT2D eigenvalue weighted by atomic mass is 9.74. The second-order valence-electron chi connectivity index (χ2n) is 10.4. The molecule has 0 spiro atoms. The number of imidazole rings is 1. The number of nitrogens with one attached hydrogen (secondary N) is 2. The average Bonchev–Trinajstić information content (AvgIpc) is 3.69. The third-order valence-corrected chi connectivity index (χ3v) is 8.59. The number of carbonyl (C=O) groups is 1. The lowest BCUT2D eigenvalue weighted by Gasteiger charge is -2.36. The summed E-state index contributed by atoms with van der Waals surface area (Å²) in [6.45, 7) is 4.49. The molecule has 5 aromatic rings. The number of ether oxygens (including phenoxy) is 3. The second kappa shape index (κ2) is 11.4. The maximum absolute atomic E-state index is 15.2. The van der Waals surface area contributed by atoms with Crippen molar-refractivity contribution in [3.05, 3.63) is 89.1 Å². The first-order valence-electron chi connectivity index (χ1n) is 13.7. The van der Waals surface area contributed by atoms with E-state index in [9.17, 15) is 9.18 Å². The van der Waals surface area contributed by atoms with Crippen LogP contribution < -0.4 is 9.47 Å². The number of rotatable bonds is 8. The van der Waals surface area contributed by atoms with Crippen LogP contribution in [0, 0.1) is 17.5 Å². The van der Waals surface area contributed by atoms with Gasteiger partial charge in [0.05, 0.1) is 35.6 Å². The topological polar surface area (TPSA) is 89.2 Å². The summed E-state index contributed by atoms with van der Waals surface area (Å²) in [4.78, 5) is 23.1. The summed E-state index contributed by atoms with van der Waals surface area (Å²) >= 11 is 1.21. The highest BCUT2D eigenvalue weighted by Crippen LogP contribution is 2.46. The minimum absolute atomic E-state index is 0.0494. The number of hydrogen-bond acceptors (Lipinski definition) is 6. The molecule has 0 radical (unpaired) electrons. The zero-order valence-corrected chi connectivity index (χ0v) is 24.5. The van der Waals surface area contributed by atoms with Crippen LogP contribution in [-0.2, 0) is 21.4 Å². The molecule has 3 heterocycles. The van der Waals surface area contributed by atoms with E-state index in [1.54, 1.807) is 25.4 Å². The third-order valence-electron chi connectivity index (χ3n) is 7.78. The summed E-state index contributed by atoms with van der Waals surface area (Å²) in [5.74, 6) is -2.40. The molecule has 0 bridgehead atoms. The lowest BCUT2D eigenvalue weighted by Crippen LogP contribution is -2.32. The van der Waals surface area contributed by atoms with Gasteiger partial charge in [-0.05, 0) is 50.8 Å². The highest BCUT2D eigenvalue weighted by atomic mass is 32.2. The summed E-state index contributed by atoms with van der Waals surface area (Å²) in [6, 6.07) is 11.2. The molecule has 0 saturated heterocycles. The molecule has 0 aliphatic carbocycles. The molecule has 43 heavy (non-hydrogen) atoms. The summed E-state index contributed by atoms with van der Waals surface area (Å²) in [5, 5.41) is 0.481. The van der Waals surface area contributed by atoms with Gasteiger partial charge in [-0.25, -0.2) is 13.8 Å². The third kappa shape index (κ3) is 5.01. The molecule has 1 atom stereocenters. The Balaban J connectivity index is 1.34. The molecule has 11 heteroatoms. The van der Waals surface area contributed by atoms with E-state index in [0.717, 1.165) is 16.8 Å². The zero-order chi connectivity index (χ0) is 30.3. The van der Waals surface area contributed by atoms with Gasteiger partial charge in [-0.2, -0.15) is 4.39 Å². The van der Waals surface area contributed by atoms with E-state index >= 15 is 8.78 Å². The Morgan fingerprint density at radius 2 is 2.00 bits per heavy atom. The molecular formula is C32H28F3N3O4S. The van der Waals surface area contributed by atoms with Crippen molar-refractivity contribution < 1.29 is 32.2 Å². The Kier molecular flexibility index (Phi) is 7.59. The molecule has 222 valence electrons. The normalized spacial score (nSPS) is 16.1. The van der Waals surface area contributed by atoms with Gasteiger partial charge < -0.3 is 24.2 Å². The number of benzene rings is 3. The van der Waals surface area contributed by atoms with Gasteiger partial charge in [0.25, 0.3) is 0 Å². The lowest BCUT2D eigenvalue weighted by molar-refractivity contribution is -0.142. The first-order valence-corrected chi connectivity index (χ1v) is 14.9. The molecule has 1 aliphatic heterocycles. The first-order chi connectivity index (χ1) is 20.7. The van der Waals surface area contributed by atoms with Crippen LogP contribution in [0.15, 0.2) is 59.8 Å². The molecule has 7 nitrogen and oxygen atoms in total. The summed E-state index contributed by atoms with van der Waals surface area (Å²) in [6.07, 6.45) is 5.61. The van der Waals surface area contributed by atoms with Crippen LogP contribution in [-0.4, -0.2) is 40.4 Å². The van der Waals surface area contributed by atoms with Crippen molar-refractivity contribution >= 4 is 28.6 Å². The highest BCUT2D eigenvalue weighted by Gasteiger charge is 2.38. The number of aromatic nitrogens is 3. The van der Waals surface area contributed by atoms with E-state index < -0.39 is 22.9 Å². The Bertz CT molecular complexity index is 1850. The maximum atomic E-state index is 15.2. The van der Waals surface area contributed by atoms with Gasteiger partial charge in [0.1, 0.15) is 23.1 Å². The fourth-order valence-electron chi connectivity index (χ4n) is 5.54. The van der Waals surface area contributed by atoms with Gasteiger partial charge in [-0.3, -0.25) is 4.79 Å². The van der Waals surface area contributed by atoms with Crippen LogP contribution in [0.5, 0.6) is 17.2 Å². The fraction of sp³-hybridized carbons (Fsp3) is 0.250. The minimum Gasteiger partial charge on any atom is -0.493 e. The number of aromatic amines is 2. The number of para-hydroxylation sites is 1. The predicted octanol–water partition coefficient (Wildman–Crippen LogP) is 7.68. The van der Waals surface area contributed by atoms with E-state index in [4.69, 9.17) is 14.2 Å².